The molecule has 32 heavy (non-hydrogen) atoms. The van der Waals surface area contributed by atoms with E-state index >= 15 is 0 Å². The Labute approximate surface area is 189 Å². The van der Waals surface area contributed by atoms with Crippen molar-refractivity contribution in [2.24, 2.45) is 5.41 Å². The van der Waals surface area contributed by atoms with Crippen molar-refractivity contribution in [1.82, 2.24) is 19.7 Å². The second-order valence-corrected chi connectivity index (χ2v) is 9.74. The number of nitrogens with zero attached hydrogens (tertiary/aromatic N) is 5. The fourth-order valence-electron chi connectivity index (χ4n) is 4.30. The lowest BCUT2D eigenvalue weighted by Gasteiger charge is -2.34. The third kappa shape index (κ3) is 4.16. The van der Waals surface area contributed by atoms with Gasteiger partial charge >= 0.3 is 6.92 Å². The molecule has 1 aliphatic heterocycles. The van der Waals surface area contributed by atoms with Gasteiger partial charge in [-0.15, -0.1) is 0 Å². The smallest absolute Gasteiger partial charge is 0.329 e. The third-order valence-corrected chi connectivity index (χ3v) is 7.06. The van der Waals surface area contributed by atoms with Crippen LogP contribution in [0, 0.1) is 11.2 Å². The van der Waals surface area contributed by atoms with Crippen molar-refractivity contribution in [2.75, 3.05) is 11.9 Å². The SMILES string of the molecule is CC[C@@H](c1ccc(-n2cc(F)cn2)nc1)N(C)c1ccc(B2CC(C)(C)C(C)(C)O2)cn1. The summed E-state index contributed by atoms with van der Waals surface area (Å²) in [6.45, 7) is 11.1. The second kappa shape index (κ2) is 8.32. The van der Waals surface area contributed by atoms with E-state index in [2.05, 4.69) is 61.7 Å². The Morgan fingerprint density at radius 1 is 1.12 bits per heavy atom. The molecule has 1 saturated heterocycles. The van der Waals surface area contributed by atoms with Crippen LogP contribution < -0.4 is 10.4 Å². The van der Waals surface area contributed by atoms with Gasteiger partial charge in [0.15, 0.2) is 11.6 Å². The van der Waals surface area contributed by atoms with E-state index in [4.69, 9.17) is 9.64 Å². The topological polar surface area (TPSA) is 56.1 Å². The van der Waals surface area contributed by atoms with Crippen molar-refractivity contribution in [3.05, 3.63) is 60.4 Å². The molecule has 8 heteroatoms. The molecule has 6 nitrogen and oxygen atoms in total. The zero-order chi connectivity index (χ0) is 23.1. The van der Waals surface area contributed by atoms with Gasteiger partial charge in [0, 0.05) is 19.4 Å². The number of anilines is 1. The van der Waals surface area contributed by atoms with Crippen LogP contribution in [0.5, 0.6) is 0 Å². The Kier molecular flexibility index (Phi) is 5.84. The largest absolute Gasteiger partial charge is 0.425 e. The highest BCUT2D eigenvalue weighted by molar-refractivity contribution is 6.68. The molecular weight excluding hydrogens is 404 g/mol. The fourth-order valence-corrected chi connectivity index (χ4v) is 4.30. The summed E-state index contributed by atoms with van der Waals surface area (Å²) in [7, 11) is 2.05. The summed E-state index contributed by atoms with van der Waals surface area (Å²) >= 11 is 0. The molecule has 4 rings (SSSR count). The average Bonchev–Trinajstić information content (AvgIpc) is 3.29. The van der Waals surface area contributed by atoms with Gasteiger partial charge in [0.2, 0.25) is 0 Å². The molecule has 0 bridgehead atoms. The summed E-state index contributed by atoms with van der Waals surface area (Å²) < 4.78 is 21.0. The summed E-state index contributed by atoms with van der Waals surface area (Å²) in [5.41, 5.74) is 2.13. The molecule has 0 N–H and O–H groups in total. The predicted molar refractivity (Wildman–Crippen MR) is 126 cm³/mol. The van der Waals surface area contributed by atoms with E-state index < -0.39 is 0 Å². The van der Waals surface area contributed by atoms with Crippen LogP contribution >= 0.6 is 0 Å². The Morgan fingerprint density at radius 2 is 1.91 bits per heavy atom. The molecule has 1 aliphatic rings. The van der Waals surface area contributed by atoms with Crippen molar-refractivity contribution in [2.45, 2.75) is 59.0 Å². The lowest BCUT2D eigenvalue weighted by Crippen LogP contribution is -2.36. The molecule has 0 aromatic carbocycles. The zero-order valence-electron chi connectivity index (χ0n) is 19.7. The highest BCUT2D eigenvalue weighted by Crippen LogP contribution is 2.45. The minimum Gasteiger partial charge on any atom is -0.425 e. The summed E-state index contributed by atoms with van der Waals surface area (Å²) in [5.74, 6) is 1.10. The minimum atomic E-state index is -0.383. The molecule has 0 radical (unpaired) electrons. The van der Waals surface area contributed by atoms with Gasteiger partial charge in [-0.3, -0.25) is 0 Å². The maximum atomic E-state index is 13.2. The summed E-state index contributed by atoms with van der Waals surface area (Å²) in [6, 6.07) is 8.17. The Balaban J connectivity index is 1.49. The van der Waals surface area contributed by atoms with Crippen molar-refractivity contribution < 1.29 is 9.04 Å². The van der Waals surface area contributed by atoms with Crippen LogP contribution in [0.15, 0.2) is 49.1 Å². The number of halogens is 1. The van der Waals surface area contributed by atoms with Crippen LogP contribution in [0.25, 0.3) is 5.82 Å². The van der Waals surface area contributed by atoms with Gasteiger partial charge in [0.25, 0.3) is 0 Å². The highest BCUT2D eigenvalue weighted by Gasteiger charge is 2.49. The van der Waals surface area contributed by atoms with E-state index in [1.54, 1.807) is 0 Å². The lowest BCUT2D eigenvalue weighted by atomic mass is 9.54. The van der Waals surface area contributed by atoms with Crippen LogP contribution in [0.1, 0.15) is 52.6 Å². The molecule has 3 aromatic rings. The number of hydrogen-bond acceptors (Lipinski definition) is 5. The summed E-state index contributed by atoms with van der Waals surface area (Å²) in [4.78, 5) is 11.4. The van der Waals surface area contributed by atoms with Crippen LogP contribution in [0.2, 0.25) is 6.32 Å². The normalized spacial score (nSPS) is 18.0. The molecule has 168 valence electrons. The van der Waals surface area contributed by atoms with Gasteiger partial charge in [-0.05, 0) is 55.2 Å². The molecule has 1 atom stereocenters. The maximum absolute atomic E-state index is 13.2. The van der Waals surface area contributed by atoms with Crippen LogP contribution in [0.3, 0.4) is 0 Å². The van der Waals surface area contributed by atoms with Crippen LogP contribution in [0.4, 0.5) is 10.2 Å². The highest BCUT2D eigenvalue weighted by atomic mass is 19.1. The number of aromatic nitrogens is 4. The summed E-state index contributed by atoms with van der Waals surface area (Å²) in [5, 5.41) is 3.97. The predicted octanol–water partition coefficient (Wildman–Crippen LogP) is 4.42. The van der Waals surface area contributed by atoms with Gasteiger partial charge in [0.05, 0.1) is 24.0 Å². The second-order valence-electron chi connectivity index (χ2n) is 9.74. The standard InChI is InChI=1S/C24H31BFN5O/c1-7-20(17-8-10-22(27-12-17)31-15-19(26)14-29-31)30(6)21-11-9-18(13-28-21)25-16-23(2,3)24(4,5)32-25/h8-15,20H,7,16H2,1-6H3/t20-/m0/s1. The molecular formula is C24H31BFN5O. The van der Waals surface area contributed by atoms with Gasteiger partial charge in [-0.2, -0.15) is 5.10 Å². The van der Waals surface area contributed by atoms with Crippen molar-refractivity contribution in [3.63, 3.8) is 0 Å². The molecule has 0 saturated carbocycles. The van der Waals surface area contributed by atoms with E-state index in [9.17, 15) is 4.39 Å². The van der Waals surface area contributed by atoms with Crippen LogP contribution in [-0.4, -0.2) is 39.3 Å². The quantitative estimate of drug-likeness (QED) is 0.537. The first-order valence-corrected chi connectivity index (χ1v) is 11.1. The molecule has 0 spiro atoms. The monoisotopic (exact) mass is 435 g/mol. The van der Waals surface area contributed by atoms with Crippen molar-refractivity contribution in [3.8, 4) is 5.82 Å². The summed E-state index contributed by atoms with van der Waals surface area (Å²) in [6.07, 6.45) is 8.12. The molecule has 3 aromatic heterocycles. The van der Waals surface area contributed by atoms with Gasteiger partial charge in [0.1, 0.15) is 5.82 Å². The van der Waals surface area contributed by atoms with Crippen molar-refractivity contribution >= 4 is 18.2 Å². The van der Waals surface area contributed by atoms with Crippen molar-refractivity contribution in [1.29, 1.82) is 0 Å². The number of rotatable bonds is 6. The van der Waals surface area contributed by atoms with Gasteiger partial charge in [-0.1, -0.05) is 32.9 Å². The molecule has 4 heterocycles. The van der Waals surface area contributed by atoms with Crippen LogP contribution in [-0.2, 0) is 4.65 Å². The maximum Gasteiger partial charge on any atom is 0.329 e. The van der Waals surface area contributed by atoms with E-state index in [0.29, 0.717) is 5.82 Å². The zero-order valence-corrected chi connectivity index (χ0v) is 19.7. The van der Waals surface area contributed by atoms with Gasteiger partial charge < -0.3 is 9.55 Å². The van der Waals surface area contributed by atoms with E-state index in [-0.39, 0.29) is 29.8 Å². The third-order valence-electron chi connectivity index (χ3n) is 7.06. The Morgan fingerprint density at radius 3 is 2.41 bits per heavy atom. The van der Waals surface area contributed by atoms with E-state index in [0.717, 1.165) is 29.6 Å². The fraction of sp³-hybridized carbons (Fsp3) is 0.458. The van der Waals surface area contributed by atoms with E-state index in [1.807, 2.05) is 31.6 Å². The minimum absolute atomic E-state index is 0.0673. The number of pyridine rings is 2. The van der Waals surface area contributed by atoms with E-state index in [1.165, 1.54) is 17.1 Å². The molecule has 0 unspecified atom stereocenters. The first-order chi connectivity index (χ1) is 15.1. The first-order valence-electron chi connectivity index (χ1n) is 11.1. The Bertz CT molecular complexity index is 1050. The Hall–Kier alpha value is -2.74. The molecule has 1 fully saturated rings. The van der Waals surface area contributed by atoms with Gasteiger partial charge in [-0.25, -0.2) is 19.0 Å². The number of hydrogen-bond donors (Lipinski definition) is 0. The molecule has 0 aliphatic carbocycles. The molecule has 0 amide bonds. The first kappa shape index (κ1) is 22.5. The lowest BCUT2D eigenvalue weighted by molar-refractivity contribution is 0.0375. The average molecular weight is 435 g/mol.